The molecule has 18 heavy (non-hydrogen) atoms. The largest absolute Gasteiger partial charge is 0.399 e. The summed E-state index contributed by atoms with van der Waals surface area (Å²) < 4.78 is 15.6. The number of benzene rings is 1. The maximum Gasteiger partial charge on any atom is 0.219 e. The Morgan fingerprint density at radius 3 is 2.67 bits per heavy atom. The molecule has 0 saturated carbocycles. The zero-order valence-electron chi connectivity index (χ0n) is 10.9. The minimum absolute atomic E-state index is 0.0122. The second kappa shape index (κ2) is 4.80. The molecule has 1 aromatic carbocycles. The molecule has 96 valence electrons. The Morgan fingerprint density at radius 2 is 2.11 bits per heavy atom. The average Bonchev–Trinajstić information content (AvgIpc) is 2.72. The number of aryl methyl sites for hydroxylation is 1. The molecule has 0 bridgehead atoms. The van der Waals surface area contributed by atoms with Gasteiger partial charge in [0, 0.05) is 11.7 Å². The molecule has 0 unspecified atom stereocenters. The van der Waals surface area contributed by atoms with Crippen LogP contribution in [0.5, 0.6) is 0 Å². The minimum Gasteiger partial charge on any atom is -0.399 e. The van der Waals surface area contributed by atoms with Crippen LogP contribution in [0.25, 0.3) is 11.1 Å². The van der Waals surface area contributed by atoms with Crippen molar-refractivity contribution >= 4 is 5.69 Å². The first-order chi connectivity index (χ1) is 8.54. The van der Waals surface area contributed by atoms with Gasteiger partial charge in [0.25, 0.3) is 0 Å². The summed E-state index contributed by atoms with van der Waals surface area (Å²) in [5, 5.41) is 4.08. The van der Waals surface area contributed by atoms with E-state index in [2.05, 4.69) is 5.10 Å². The van der Waals surface area contributed by atoms with Gasteiger partial charge < -0.3 is 5.73 Å². The number of nitrogen functional groups attached to an aromatic ring is 1. The van der Waals surface area contributed by atoms with Gasteiger partial charge in [-0.05, 0) is 43.5 Å². The second-order valence-corrected chi connectivity index (χ2v) is 4.65. The summed E-state index contributed by atoms with van der Waals surface area (Å²) in [6.45, 7) is 5.84. The van der Waals surface area contributed by atoms with E-state index in [1.165, 1.54) is 4.68 Å². The quantitative estimate of drug-likeness (QED) is 0.845. The van der Waals surface area contributed by atoms with Crippen molar-refractivity contribution in [2.75, 3.05) is 5.73 Å². The van der Waals surface area contributed by atoms with Crippen LogP contribution in [0.4, 0.5) is 10.1 Å². The summed E-state index contributed by atoms with van der Waals surface area (Å²) >= 11 is 0. The van der Waals surface area contributed by atoms with Crippen molar-refractivity contribution in [3.63, 3.8) is 0 Å². The molecule has 1 heterocycles. The highest BCUT2D eigenvalue weighted by Crippen LogP contribution is 2.27. The Kier molecular flexibility index (Phi) is 3.36. The van der Waals surface area contributed by atoms with Crippen LogP contribution in [-0.4, -0.2) is 9.78 Å². The molecule has 0 atom stereocenters. The third-order valence-electron chi connectivity index (χ3n) is 3.06. The first-order valence-corrected chi connectivity index (χ1v) is 6.16. The first-order valence-electron chi connectivity index (χ1n) is 6.16. The van der Waals surface area contributed by atoms with Crippen LogP contribution in [0.15, 0.2) is 24.4 Å². The summed E-state index contributed by atoms with van der Waals surface area (Å²) in [4.78, 5) is 0. The highest BCUT2D eigenvalue weighted by molar-refractivity contribution is 5.67. The Labute approximate surface area is 106 Å². The fourth-order valence-corrected chi connectivity index (χ4v) is 1.98. The van der Waals surface area contributed by atoms with E-state index >= 15 is 0 Å². The Balaban J connectivity index is 2.49. The van der Waals surface area contributed by atoms with Gasteiger partial charge in [0.2, 0.25) is 5.95 Å². The lowest BCUT2D eigenvalue weighted by Gasteiger charge is -2.07. The van der Waals surface area contributed by atoms with Gasteiger partial charge in [-0.25, -0.2) is 4.68 Å². The van der Waals surface area contributed by atoms with Crippen LogP contribution < -0.4 is 5.73 Å². The SMILES string of the molecule is CCc1cc(-c2cnn(C(C)C)c2F)ccc1N. The molecule has 0 amide bonds. The zero-order valence-corrected chi connectivity index (χ0v) is 10.9. The van der Waals surface area contributed by atoms with Gasteiger partial charge in [-0.15, -0.1) is 0 Å². The molecular weight excluding hydrogens is 229 g/mol. The van der Waals surface area contributed by atoms with Crippen molar-refractivity contribution < 1.29 is 4.39 Å². The van der Waals surface area contributed by atoms with Crippen LogP contribution >= 0.6 is 0 Å². The lowest BCUT2D eigenvalue weighted by molar-refractivity contribution is 0.417. The average molecular weight is 247 g/mol. The number of rotatable bonds is 3. The molecule has 0 aliphatic rings. The second-order valence-electron chi connectivity index (χ2n) is 4.65. The van der Waals surface area contributed by atoms with Gasteiger partial charge in [-0.1, -0.05) is 13.0 Å². The summed E-state index contributed by atoms with van der Waals surface area (Å²) in [5.41, 5.74) is 8.99. The lowest BCUT2D eigenvalue weighted by atomic mass is 10.0. The van der Waals surface area contributed by atoms with E-state index in [9.17, 15) is 4.39 Å². The number of halogens is 1. The number of hydrogen-bond donors (Lipinski definition) is 1. The van der Waals surface area contributed by atoms with Crippen LogP contribution in [0.3, 0.4) is 0 Å². The van der Waals surface area contributed by atoms with Gasteiger partial charge in [-0.2, -0.15) is 9.49 Å². The summed E-state index contributed by atoms with van der Waals surface area (Å²) in [5.74, 6) is -0.295. The van der Waals surface area contributed by atoms with Gasteiger partial charge in [0.05, 0.1) is 11.8 Å². The molecular formula is C14H18FN3. The van der Waals surface area contributed by atoms with Crippen molar-refractivity contribution in [2.45, 2.75) is 33.2 Å². The smallest absolute Gasteiger partial charge is 0.219 e. The van der Waals surface area contributed by atoms with E-state index in [1.807, 2.05) is 39.0 Å². The molecule has 0 saturated heterocycles. The molecule has 4 heteroatoms. The molecule has 0 radical (unpaired) electrons. The van der Waals surface area contributed by atoms with Gasteiger partial charge in [-0.3, -0.25) is 0 Å². The van der Waals surface area contributed by atoms with Gasteiger partial charge in [0.1, 0.15) is 0 Å². The highest BCUT2D eigenvalue weighted by atomic mass is 19.1. The third-order valence-corrected chi connectivity index (χ3v) is 3.06. The van der Waals surface area contributed by atoms with Crippen LogP contribution in [0.2, 0.25) is 0 Å². The van der Waals surface area contributed by atoms with Crippen molar-refractivity contribution in [3.05, 3.63) is 35.9 Å². The van der Waals surface area contributed by atoms with Gasteiger partial charge in [0.15, 0.2) is 0 Å². The molecule has 0 aliphatic carbocycles. The van der Waals surface area contributed by atoms with Crippen LogP contribution in [-0.2, 0) is 6.42 Å². The van der Waals surface area contributed by atoms with E-state index in [-0.39, 0.29) is 12.0 Å². The topological polar surface area (TPSA) is 43.8 Å². The molecule has 0 aliphatic heterocycles. The zero-order chi connectivity index (χ0) is 13.3. The summed E-state index contributed by atoms with van der Waals surface area (Å²) in [6, 6.07) is 5.60. The third kappa shape index (κ3) is 2.10. The van der Waals surface area contributed by atoms with Crippen molar-refractivity contribution in [1.29, 1.82) is 0 Å². The maximum absolute atomic E-state index is 14.2. The standard InChI is InChI=1S/C14H18FN3/c1-4-10-7-11(5-6-13(10)16)12-8-17-18(9(2)3)14(12)15/h5-9H,4,16H2,1-3H3. The molecule has 0 spiro atoms. The number of hydrogen-bond acceptors (Lipinski definition) is 2. The highest BCUT2D eigenvalue weighted by Gasteiger charge is 2.14. The molecule has 2 N–H and O–H groups in total. The lowest BCUT2D eigenvalue weighted by Crippen LogP contribution is -2.05. The van der Waals surface area contributed by atoms with E-state index in [1.54, 1.807) is 6.20 Å². The fourth-order valence-electron chi connectivity index (χ4n) is 1.98. The van der Waals surface area contributed by atoms with E-state index in [4.69, 9.17) is 5.73 Å². The normalized spacial score (nSPS) is 11.2. The monoisotopic (exact) mass is 247 g/mol. The predicted molar refractivity (Wildman–Crippen MR) is 71.8 cm³/mol. The van der Waals surface area contributed by atoms with E-state index < -0.39 is 0 Å². The number of anilines is 1. The van der Waals surface area contributed by atoms with Crippen molar-refractivity contribution in [1.82, 2.24) is 9.78 Å². The predicted octanol–water partition coefficient (Wildman–Crippen LogP) is 3.41. The minimum atomic E-state index is -0.295. The van der Waals surface area contributed by atoms with Crippen molar-refractivity contribution in [3.8, 4) is 11.1 Å². The molecule has 1 aromatic heterocycles. The number of aromatic nitrogens is 2. The summed E-state index contributed by atoms with van der Waals surface area (Å²) in [6.07, 6.45) is 2.40. The molecule has 2 rings (SSSR count). The molecule has 2 aromatic rings. The Morgan fingerprint density at radius 1 is 1.39 bits per heavy atom. The number of nitrogens with two attached hydrogens (primary N) is 1. The van der Waals surface area contributed by atoms with E-state index in [0.717, 1.165) is 23.2 Å². The van der Waals surface area contributed by atoms with Crippen LogP contribution in [0, 0.1) is 5.95 Å². The first kappa shape index (κ1) is 12.6. The fraction of sp³-hybridized carbons (Fsp3) is 0.357. The molecule has 0 fully saturated rings. The summed E-state index contributed by atoms with van der Waals surface area (Å²) in [7, 11) is 0. The molecule has 3 nitrogen and oxygen atoms in total. The Hall–Kier alpha value is -1.84. The number of nitrogens with zero attached hydrogens (tertiary/aromatic N) is 2. The van der Waals surface area contributed by atoms with Crippen LogP contribution in [0.1, 0.15) is 32.4 Å². The maximum atomic E-state index is 14.2. The Bertz CT molecular complexity index is 558. The van der Waals surface area contributed by atoms with E-state index in [0.29, 0.717) is 5.56 Å². The van der Waals surface area contributed by atoms with Crippen molar-refractivity contribution in [2.24, 2.45) is 0 Å². The van der Waals surface area contributed by atoms with Gasteiger partial charge >= 0.3 is 0 Å².